The van der Waals surface area contributed by atoms with Crippen LogP contribution in [-0.2, 0) is 0 Å². The van der Waals surface area contributed by atoms with E-state index in [1.54, 1.807) is 0 Å². The maximum atomic E-state index is 11.2. The van der Waals surface area contributed by atoms with Crippen LogP contribution in [0.2, 0.25) is 0 Å². The molecule has 5 unspecified atom stereocenters. The monoisotopic (exact) mass is 376 g/mol. The average molecular weight is 377 g/mol. The summed E-state index contributed by atoms with van der Waals surface area (Å²) in [6, 6.07) is 8.16. The van der Waals surface area contributed by atoms with Crippen molar-refractivity contribution in [1.29, 1.82) is 0 Å². The molecule has 4 heterocycles. The molecule has 1 N–H and O–H groups in total. The normalized spacial score (nSPS) is 28.6. The van der Waals surface area contributed by atoms with Crippen LogP contribution in [0.4, 0.5) is 0 Å². The lowest BCUT2D eigenvalue weighted by molar-refractivity contribution is -0.0562. The Morgan fingerprint density at radius 2 is 2.15 bits per heavy atom. The summed E-state index contributed by atoms with van der Waals surface area (Å²) in [6.07, 6.45) is 4.98. The molecule has 0 saturated carbocycles. The Hall–Kier alpha value is -1.36. The Morgan fingerprint density at radius 3 is 2.85 bits per heavy atom. The van der Waals surface area contributed by atoms with E-state index >= 15 is 0 Å². The van der Waals surface area contributed by atoms with Gasteiger partial charge < -0.3 is 9.84 Å². The van der Waals surface area contributed by atoms with Gasteiger partial charge in [-0.1, -0.05) is 13.3 Å². The van der Waals surface area contributed by atoms with Gasteiger partial charge >= 0.3 is 0 Å². The lowest BCUT2D eigenvalue weighted by atomic mass is 9.72. The van der Waals surface area contributed by atoms with Gasteiger partial charge in [0, 0.05) is 24.2 Å². The SMILES string of the molecule is CCOc1ccc2nccc(C(O)C3CC4CCN3CC4CC)c2c1.Cl. The van der Waals surface area contributed by atoms with Gasteiger partial charge in [-0.15, -0.1) is 12.4 Å². The topological polar surface area (TPSA) is 45.6 Å². The van der Waals surface area contributed by atoms with E-state index in [0.717, 1.165) is 53.6 Å². The van der Waals surface area contributed by atoms with Gasteiger partial charge in [0.2, 0.25) is 0 Å². The van der Waals surface area contributed by atoms with E-state index in [1.165, 1.54) is 12.8 Å². The van der Waals surface area contributed by atoms with Crippen molar-refractivity contribution in [3.63, 3.8) is 0 Å². The predicted octanol–water partition coefficient (Wildman–Crippen LogP) is 4.21. The zero-order chi connectivity index (χ0) is 17.4. The van der Waals surface area contributed by atoms with Gasteiger partial charge in [0.1, 0.15) is 5.75 Å². The Labute approximate surface area is 162 Å². The fourth-order valence-electron chi connectivity index (χ4n) is 4.84. The molecule has 0 amide bonds. The van der Waals surface area contributed by atoms with Crippen molar-refractivity contribution < 1.29 is 9.84 Å². The molecule has 4 nitrogen and oxygen atoms in total. The van der Waals surface area contributed by atoms with E-state index in [9.17, 15) is 5.11 Å². The standard InChI is InChI=1S/C21H28N2O2.ClH/c1-3-14-13-23-10-8-15(14)11-20(23)21(24)17-7-9-22-19-6-5-16(25-4-2)12-18(17)19;/h5-7,9,12,14-15,20-21,24H,3-4,8,10-11,13H2,1-2H3;1H. The highest BCUT2D eigenvalue weighted by atomic mass is 35.5. The minimum absolute atomic E-state index is 0. The van der Waals surface area contributed by atoms with Crippen LogP contribution < -0.4 is 4.74 Å². The molecule has 5 rings (SSSR count). The first kappa shape index (κ1) is 19.4. The number of piperidine rings is 3. The van der Waals surface area contributed by atoms with Gasteiger partial charge in [-0.25, -0.2) is 0 Å². The molecular weight excluding hydrogens is 348 g/mol. The van der Waals surface area contributed by atoms with Crippen molar-refractivity contribution in [2.45, 2.75) is 45.3 Å². The molecule has 5 atom stereocenters. The lowest BCUT2D eigenvalue weighted by Crippen LogP contribution is -2.55. The summed E-state index contributed by atoms with van der Waals surface area (Å²) in [5.74, 6) is 2.41. The number of fused-ring (bicyclic) bond motifs is 4. The van der Waals surface area contributed by atoms with E-state index in [1.807, 2.05) is 37.4 Å². The van der Waals surface area contributed by atoms with Crippen LogP contribution in [-0.4, -0.2) is 40.7 Å². The quantitative estimate of drug-likeness (QED) is 0.849. The number of nitrogens with zero attached hydrogens (tertiary/aromatic N) is 2. The van der Waals surface area contributed by atoms with Crippen molar-refractivity contribution in [1.82, 2.24) is 9.88 Å². The molecule has 3 aliphatic rings. The minimum Gasteiger partial charge on any atom is -0.494 e. The molecule has 0 spiro atoms. The fourth-order valence-corrected chi connectivity index (χ4v) is 4.84. The third-order valence-electron chi connectivity index (χ3n) is 6.20. The number of hydrogen-bond acceptors (Lipinski definition) is 4. The Kier molecular flexibility index (Phi) is 6.06. The summed E-state index contributed by atoms with van der Waals surface area (Å²) in [7, 11) is 0. The van der Waals surface area contributed by atoms with Crippen molar-refractivity contribution in [3.05, 3.63) is 36.0 Å². The second-order valence-electron chi connectivity index (χ2n) is 7.47. The summed E-state index contributed by atoms with van der Waals surface area (Å²) in [5, 5.41) is 12.2. The lowest BCUT2D eigenvalue weighted by Gasteiger charge is -2.51. The minimum atomic E-state index is -0.469. The van der Waals surface area contributed by atoms with Crippen molar-refractivity contribution in [2.75, 3.05) is 19.7 Å². The maximum absolute atomic E-state index is 11.2. The summed E-state index contributed by atoms with van der Waals surface area (Å²) in [4.78, 5) is 6.98. The number of benzene rings is 1. The van der Waals surface area contributed by atoms with Crippen LogP contribution in [0.3, 0.4) is 0 Å². The number of rotatable bonds is 5. The smallest absolute Gasteiger partial charge is 0.120 e. The van der Waals surface area contributed by atoms with Crippen LogP contribution in [0, 0.1) is 11.8 Å². The van der Waals surface area contributed by atoms with Crippen LogP contribution in [0.5, 0.6) is 5.75 Å². The van der Waals surface area contributed by atoms with Gasteiger partial charge in [-0.2, -0.15) is 0 Å². The summed E-state index contributed by atoms with van der Waals surface area (Å²) >= 11 is 0. The van der Waals surface area contributed by atoms with E-state index in [4.69, 9.17) is 4.74 Å². The average Bonchev–Trinajstić information content (AvgIpc) is 2.67. The zero-order valence-electron chi connectivity index (χ0n) is 15.6. The number of ether oxygens (including phenoxy) is 1. The third kappa shape index (κ3) is 3.42. The third-order valence-corrected chi connectivity index (χ3v) is 6.20. The first-order valence-electron chi connectivity index (χ1n) is 9.64. The second kappa shape index (κ2) is 8.12. The highest BCUT2D eigenvalue weighted by molar-refractivity contribution is 5.85. The molecular formula is C21H29ClN2O2. The van der Waals surface area contributed by atoms with Crippen LogP contribution in [0.25, 0.3) is 10.9 Å². The number of aliphatic hydroxyl groups is 1. The van der Waals surface area contributed by atoms with E-state index in [2.05, 4.69) is 16.8 Å². The number of halogens is 1. The summed E-state index contributed by atoms with van der Waals surface area (Å²) < 4.78 is 5.65. The van der Waals surface area contributed by atoms with Gasteiger partial charge in [-0.05, 0) is 68.0 Å². The number of pyridine rings is 1. The molecule has 2 bridgehead atoms. The fraction of sp³-hybridized carbons (Fsp3) is 0.571. The number of aliphatic hydroxyl groups excluding tert-OH is 1. The molecule has 3 fully saturated rings. The van der Waals surface area contributed by atoms with Crippen LogP contribution >= 0.6 is 12.4 Å². The summed E-state index contributed by atoms with van der Waals surface area (Å²) in [6.45, 7) is 7.18. The number of hydrogen-bond donors (Lipinski definition) is 1. The molecule has 5 heteroatoms. The van der Waals surface area contributed by atoms with E-state index in [-0.39, 0.29) is 18.4 Å². The van der Waals surface area contributed by atoms with Gasteiger partial charge in [-0.3, -0.25) is 9.88 Å². The molecule has 3 saturated heterocycles. The maximum Gasteiger partial charge on any atom is 0.120 e. The molecule has 0 aliphatic carbocycles. The first-order valence-corrected chi connectivity index (χ1v) is 9.64. The molecule has 1 aromatic carbocycles. The Morgan fingerprint density at radius 1 is 1.31 bits per heavy atom. The highest BCUT2D eigenvalue weighted by Crippen LogP contribution is 2.42. The molecule has 142 valence electrons. The molecule has 3 aliphatic heterocycles. The Bertz CT molecular complexity index is 754. The van der Waals surface area contributed by atoms with Crippen LogP contribution in [0.1, 0.15) is 44.8 Å². The molecule has 1 aromatic heterocycles. The van der Waals surface area contributed by atoms with Crippen molar-refractivity contribution in [3.8, 4) is 5.75 Å². The van der Waals surface area contributed by atoms with Crippen LogP contribution in [0.15, 0.2) is 30.5 Å². The van der Waals surface area contributed by atoms with Gasteiger partial charge in [0.15, 0.2) is 0 Å². The first-order chi connectivity index (χ1) is 12.2. The van der Waals surface area contributed by atoms with Crippen molar-refractivity contribution in [2.24, 2.45) is 11.8 Å². The van der Waals surface area contributed by atoms with Gasteiger partial charge in [0.25, 0.3) is 0 Å². The van der Waals surface area contributed by atoms with Crippen molar-refractivity contribution >= 4 is 23.3 Å². The molecule has 26 heavy (non-hydrogen) atoms. The highest BCUT2D eigenvalue weighted by Gasteiger charge is 2.42. The molecule has 0 radical (unpaired) electrons. The second-order valence-corrected chi connectivity index (χ2v) is 7.47. The van der Waals surface area contributed by atoms with E-state index < -0.39 is 6.10 Å². The molecule has 2 aromatic rings. The zero-order valence-corrected chi connectivity index (χ0v) is 16.4. The largest absolute Gasteiger partial charge is 0.494 e. The van der Waals surface area contributed by atoms with E-state index in [0.29, 0.717) is 6.61 Å². The number of aromatic nitrogens is 1. The van der Waals surface area contributed by atoms with Gasteiger partial charge in [0.05, 0.1) is 18.2 Å². The predicted molar refractivity (Wildman–Crippen MR) is 107 cm³/mol. The summed E-state index contributed by atoms with van der Waals surface area (Å²) in [5.41, 5.74) is 1.90. The Balaban J connectivity index is 0.00000196.